The van der Waals surface area contributed by atoms with Crippen molar-refractivity contribution < 1.29 is 24.6 Å². The molecule has 0 spiro atoms. The number of aliphatic hydroxyl groups excluding tert-OH is 1. The molecule has 0 bridgehead atoms. The lowest BCUT2D eigenvalue weighted by Gasteiger charge is -2.17. The van der Waals surface area contributed by atoms with E-state index in [1.54, 1.807) is 36.4 Å². The number of hydrogen-bond acceptors (Lipinski definition) is 6. The number of carboxylic acid groups (broad SMARTS) is 1. The number of carboxylic acids is 1. The van der Waals surface area contributed by atoms with Crippen LogP contribution < -0.4 is 5.73 Å². The second-order valence-corrected chi connectivity index (χ2v) is 5.60. The maximum Gasteiger partial charge on any atom is 0.323 e. The summed E-state index contributed by atoms with van der Waals surface area (Å²) < 4.78 is 0. The standard InChI is InChI=1S/C17H15N3O5/c18-13(17(24)25)14(21)12-7-3-4-9(19-12)8-20-15(22)10-5-1-2-6-11(10)16(20)23/h1-7,13-14,21H,8,18H2,(H,24,25). The van der Waals surface area contributed by atoms with E-state index in [0.29, 0.717) is 16.8 Å². The third-order valence-electron chi connectivity index (χ3n) is 3.95. The van der Waals surface area contributed by atoms with Gasteiger partial charge in [-0.2, -0.15) is 0 Å². The Balaban J connectivity index is 1.83. The van der Waals surface area contributed by atoms with Gasteiger partial charge in [-0.05, 0) is 24.3 Å². The molecule has 1 aromatic carbocycles. The Morgan fingerprint density at radius 1 is 1.08 bits per heavy atom. The second kappa shape index (κ2) is 6.42. The van der Waals surface area contributed by atoms with Crippen LogP contribution in [0.5, 0.6) is 0 Å². The van der Waals surface area contributed by atoms with E-state index in [2.05, 4.69) is 4.98 Å². The molecule has 0 fully saturated rings. The minimum absolute atomic E-state index is 0.0593. The molecular weight excluding hydrogens is 326 g/mol. The number of nitrogens with two attached hydrogens (primary N) is 1. The molecule has 1 aliphatic rings. The molecule has 2 heterocycles. The van der Waals surface area contributed by atoms with Crippen molar-refractivity contribution in [1.82, 2.24) is 9.88 Å². The molecule has 2 atom stereocenters. The van der Waals surface area contributed by atoms with E-state index in [1.807, 2.05) is 0 Å². The summed E-state index contributed by atoms with van der Waals surface area (Å²) in [5, 5.41) is 18.8. The van der Waals surface area contributed by atoms with Gasteiger partial charge < -0.3 is 15.9 Å². The van der Waals surface area contributed by atoms with E-state index in [4.69, 9.17) is 10.8 Å². The van der Waals surface area contributed by atoms with Gasteiger partial charge in [-0.15, -0.1) is 0 Å². The van der Waals surface area contributed by atoms with Crippen molar-refractivity contribution in [3.63, 3.8) is 0 Å². The average molecular weight is 341 g/mol. The summed E-state index contributed by atoms with van der Waals surface area (Å²) in [4.78, 5) is 40.8. The van der Waals surface area contributed by atoms with Gasteiger partial charge in [0.15, 0.2) is 0 Å². The van der Waals surface area contributed by atoms with Gasteiger partial charge >= 0.3 is 5.97 Å². The first-order valence-corrected chi connectivity index (χ1v) is 7.47. The summed E-state index contributed by atoms with van der Waals surface area (Å²) in [6, 6.07) is 9.54. The molecule has 0 radical (unpaired) electrons. The minimum Gasteiger partial charge on any atom is -0.480 e. The Labute approximate surface area is 142 Å². The van der Waals surface area contributed by atoms with Crippen molar-refractivity contribution in [2.45, 2.75) is 18.7 Å². The van der Waals surface area contributed by atoms with E-state index < -0.39 is 29.9 Å². The van der Waals surface area contributed by atoms with Crippen LogP contribution in [0.4, 0.5) is 0 Å². The van der Waals surface area contributed by atoms with E-state index in [9.17, 15) is 19.5 Å². The first kappa shape index (κ1) is 16.7. The third-order valence-corrected chi connectivity index (χ3v) is 3.95. The number of imide groups is 1. The summed E-state index contributed by atoms with van der Waals surface area (Å²) in [5.74, 6) is -2.20. The number of rotatable bonds is 5. The molecule has 0 saturated carbocycles. The summed E-state index contributed by atoms with van der Waals surface area (Å²) in [6.07, 6.45) is -1.50. The van der Waals surface area contributed by atoms with Crippen LogP contribution in [0.3, 0.4) is 0 Å². The molecule has 25 heavy (non-hydrogen) atoms. The summed E-state index contributed by atoms with van der Waals surface area (Å²) in [7, 11) is 0. The molecule has 8 heteroatoms. The fraction of sp³-hybridized carbons (Fsp3) is 0.176. The first-order valence-electron chi connectivity index (χ1n) is 7.47. The van der Waals surface area contributed by atoms with Crippen LogP contribution >= 0.6 is 0 Å². The number of fused-ring (bicyclic) bond motifs is 1. The molecule has 3 rings (SSSR count). The summed E-state index contributed by atoms with van der Waals surface area (Å²) in [6.45, 7) is -0.0881. The van der Waals surface area contributed by atoms with Gasteiger partial charge in [0.2, 0.25) is 0 Å². The molecule has 4 N–H and O–H groups in total. The molecular formula is C17H15N3O5. The van der Waals surface area contributed by atoms with Crippen LogP contribution in [0.15, 0.2) is 42.5 Å². The molecule has 8 nitrogen and oxygen atoms in total. The number of pyridine rings is 1. The van der Waals surface area contributed by atoms with Gasteiger partial charge in [0.1, 0.15) is 12.1 Å². The van der Waals surface area contributed by atoms with Crippen LogP contribution in [0.25, 0.3) is 0 Å². The Morgan fingerprint density at radius 2 is 1.68 bits per heavy atom. The number of benzene rings is 1. The maximum atomic E-state index is 12.4. The van der Waals surface area contributed by atoms with Crippen LogP contribution in [0.2, 0.25) is 0 Å². The lowest BCUT2D eigenvalue weighted by Crippen LogP contribution is -2.37. The molecule has 0 saturated heterocycles. The number of hydrogen-bond donors (Lipinski definition) is 3. The fourth-order valence-corrected chi connectivity index (χ4v) is 2.61. The maximum absolute atomic E-state index is 12.4. The zero-order chi connectivity index (χ0) is 18.1. The lowest BCUT2D eigenvalue weighted by atomic mass is 10.1. The number of carbonyl (C=O) groups is 3. The van der Waals surface area contributed by atoms with Gasteiger partial charge in [-0.3, -0.25) is 24.3 Å². The number of carbonyl (C=O) groups excluding carboxylic acids is 2. The van der Waals surface area contributed by atoms with E-state index in [1.165, 1.54) is 6.07 Å². The number of aromatic nitrogens is 1. The van der Waals surface area contributed by atoms with Crippen molar-refractivity contribution >= 4 is 17.8 Å². The number of aliphatic hydroxyl groups is 1. The summed E-state index contributed by atoms with van der Waals surface area (Å²) >= 11 is 0. The van der Waals surface area contributed by atoms with Gasteiger partial charge in [-0.25, -0.2) is 0 Å². The van der Waals surface area contributed by atoms with Gasteiger partial charge in [-0.1, -0.05) is 18.2 Å². The van der Waals surface area contributed by atoms with E-state index in [-0.39, 0.29) is 12.2 Å². The molecule has 1 aliphatic heterocycles. The van der Waals surface area contributed by atoms with E-state index in [0.717, 1.165) is 4.90 Å². The molecule has 0 aliphatic carbocycles. The first-order chi connectivity index (χ1) is 11.9. The predicted octanol–water partition coefficient (Wildman–Crippen LogP) is 0.323. The summed E-state index contributed by atoms with van der Waals surface area (Å²) in [5.41, 5.74) is 6.46. The van der Waals surface area contributed by atoms with Crippen LogP contribution in [-0.4, -0.2) is 43.9 Å². The molecule has 2 amide bonds. The van der Waals surface area contributed by atoms with Crippen LogP contribution in [0.1, 0.15) is 38.2 Å². The third kappa shape index (κ3) is 3.00. The van der Waals surface area contributed by atoms with Crippen molar-refractivity contribution in [2.75, 3.05) is 0 Å². The van der Waals surface area contributed by atoms with Crippen LogP contribution in [0, 0.1) is 0 Å². The molecule has 2 unspecified atom stereocenters. The normalized spacial score (nSPS) is 15.8. The predicted molar refractivity (Wildman–Crippen MR) is 85.5 cm³/mol. The Bertz CT molecular complexity index is 832. The highest BCUT2D eigenvalue weighted by molar-refractivity contribution is 6.21. The molecule has 2 aromatic rings. The Kier molecular flexibility index (Phi) is 4.30. The zero-order valence-electron chi connectivity index (χ0n) is 13.0. The Hall–Kier alpha value is -3.10. The highest BCUT2D eigenvalue weighted by atomic mass is 16.4. The van der Waals surface area contributed by atoms with Gasteiger partial charge in [0.25, 0.3) is 11.8 Å². The minimum atomic E-state index is -1.53. The zero-order valence-corrected chi connectivity index (χ0v) is 13.0. The average Bonchev–Trinajstić information content (AvgIpc) is 2.86. The van der Waals surface area contributed by atoms with Crippen LogP contribution in [-0.2, 0) is 11.3 Å². The highest BCUT2D eigenvalue weighted by Crippen LogP contribution is 2.24. The van der Waals surface area contributed by atoms with Crippen molar-refractivity contribution in [2.24, 2.45) is 5.73 Å². The number of nitrogens with zero attached hydrogens (tertiary/aromatic N) is 2. The smallest absolute Gasteiger partial charge is 0.323 e. The van der Waals surface area contributed by atoms with E-state index >= 15 is 0 Å². The molecule has 1 aromatic heterocycles. The number of amides is 2. The van der Waals surface area contributed by atoms with Crippen molar-refractivity contribution in [3.05, 3.63) is 65.0 Å². The second-order valence-electron chi connectivity index (χ2n) is 5.60. The monoisotopic (exact) mass is 341 g/mol. The van der Waals surface area contributed by atoms with Crippen molar-refractivity contribution in [3.8, 4) is 0 Å². The SMILES string of the molecule is NC(C(=O)O)C(O)c1cccc(CN2C(=O)c3ccccc3C2=O)n1. The fourth-order valence-electron chi connectivity index (χ4n) is 2.61. The van der Waals surface area contributed by atoms with Crippen molar-refractivity contribution in [1.29, 1.82) is 0 Å². The highest BCUT2D eigenvalue weighted by Gasteiger charge is 2.35. The van der Waals surface area contributed by atoms with Gasteiger partial charge in [0, 0.05) is 0 Å². The topological polar surface area (TPSA) is 134 Å². The Morgan fingerprint density at radius 3 is 2.24 bits per heavy atom. The quantitative estimate of drug-likeness (QED) is 0.667. The largest absolute Gasteiger partial charge is 0.480 e. The van der Waals surface area contributed by atoms with Gasteiger partial charge in [0.05, 0.1) is 29.1 Å². The number of aliphatic carboxylic acids is 1. The molecule has 128 valence electrons. The lowest BCUT2D eigenvalue weighted by molar-refractivity contribution is -0.141.